The first-order chi connectivity index (χ1) is 7.86. The average Bonchev–Trinajstić information content (AvgIpc) is 2.84. The zero-order valence-corrected chi connectivity index (χ0v) is 10.8. The van der Waals surface area contributed by atoms with Crippen molar-refractivity contribution in [2.45, 2.75) is 33.2 Å². The fourth-order valence-electron chi connectivity index (χ4n) is 2.55. The monoisotopic (exact) mass is 239 g/mol. The van der Waals surface area contributed by atoms with E-state index in [0.29, 0.717) is 17.0 Å². The highest BCUT2D eigenvalue weighted by Gasteiger charge is 2.50. The second-order valence-electron chi connectivity index (χ2n) is 5.69. The van der Waals surface area contributed by atoms with Crippen LogP contribution in [0.2, 0.25) is 0 Å². The lowest BCUT2D eigenvalue weighted by atomic mass is 9.95. The van der Waals surface area contributed by atoms with Crippen molar-refractivity contribution < 1.29 is 8.78 Å². The van der Waals surface area contributed by atoms with Crippen LogP contribution < -0.4 is 5.32 Å². The molecule has 0 amide bonds. The van der Waals surface area contributed by atoms with Crippen LogP contribution in [-0.4, -0.2) is 7.05 Å². The first-order valence-corrected chi connectivity index (χ1v) is 5.99. The van der Waals surface area contributed by atoms with Gasteiger partial charge in [-0.2, -0.15) is 0 Å². The van der Waals surface area contributed by atoms with Crippen molar-refractivity contribution in [3.05, 3.63) is 34.9 Å². The van der Waals surface area contributed by atoms with Gasteiger partial charge in [-0.1, -0.05) is 13.8 Å². The maximum absolute atomic E-state index is 13.9. The highest BCUT2D eigenvalue weighted by molar-refractivity contribution is 5.29. The average molecular weight is 239 g/mol. The van der Waals surface area contributed by atoms with E-state index in [1.165, 1.54) is 12.1 Å². The molecule has 2 unspecified atom stereocenters. The van der Waals surface area contributed by atoms with E-state index < -0.39 is 0 Å². The Bertz CT molecular complexity index is 440. The Balaban J connectivity index is 2.35. The Morgan fingerprint density at radius 1 is 1.29 bits per heavy atom. The van der Waals surface area contributed by atoms with E-state index in [0.717, 1.165) is 6.42 Å². The molecule has 1 aromatic carbocycles. The molecule has 0 spiro atoms. The maximum Gasteiger partial charge on any atom is 0.128 e. The van der Waals surface area contributed by atoms with Crippen LogP contribution in [0, 0.1) is 29.9 Å². The van der Waals surface area contributed by atoms with Crippen molar-refractivity contribution >= 4 is 0 Å². The van der Waals surface area contributed by atoms with Crippen LogP contribution in [0.3, 0.4) is 0 Å². The van der Waals surface area contributed by atoms with Gasteiger partial charge in [-0.25, -0.2) is 8.78 Å². The molecule has 0 bridgehead atoms. The minimum Gasteiger partial charge on any atom is -0.313 e. The highest BCUT2D eigenvalue weighted by atomic mass is 19.1. The molecule has 0 heterocycles. The van der Waals surface area contributed by atoms with Crippen molar-refractivity contribution in [1.29, 1.82) is 0 Å². The molecule has 0 aliphatic heterocycles. The minimum atomic E-state index is -0.333. The molecule has 17 heavy (non-hydrogen) atoms. The Morgan fingerprint density at radius 2 is 1.88 bits per heavy atom. The summed E-state index contributed by atoms with van der Waals surface area (Å²) in [5.74, 6) is -0.268. The molecular formula is C14H19F2N. The number of halogens is 2. The van der Waals surface area contributed by atoms with Gasteiger partial charge in [0.05, 0.1) is 0 Å². The summed E-state index contributed by atoms with van der Waals surface area (Å²) in [5, 5.41) is 3.12. The van der Waals surface area contributed by atoms with E-state index in [1.807, 2.05) is 0 Å². The Hall–Kier alpha value is -0.960. The number of hydrogen-bond donors (Lipinski definition) is 1. The predicted octanol–water partition coefficient (Wildman–Crippen LogP) is 3.58. The number of benzene rings is 1. The summed E-state index contributed by atoms with van der Waals surface area (Å²) in [6.45, 7) is 5.90. The van der Waals surface area contributed by atoms with Crippen LogP contribution in [0.4, 0.5) is 8.78 Å². The Labute approximate surface area is 101 Å². The summed E-state index contributed by atoms with van der Waals surface area (Å²) in [6.07, 6.45) is 1.05. The van der Waals surface area contributed by atoms with Gasteiger partial charge in [0, 0.05) is 11.6 Å². The predicted molar refractivity (Wildman–Crippen MR) is 64.8 cm³/mol. The standard InChI is InChI=1S/C14H19F2N/c1-8-5-12(16)9(6-11(8)15)13(17-4)10-7-14(10,2)3/h5-6,10,13,17H,7H2,1-4H3. The van der Waals surface area contributed by atoms with Crippen molar-refractivity contribution in [1.82, 2.24) is 5.32 Å². The van der Waals surface area contributed by atoms with E-state index in [9.17, 15) is 8.78 Å². The number of rotatable bonds is 3. The maximum atomic E-state index is 13.9. The SMILES string of the molecule is CNC(c1cc(F)c(C)cc1F)C1CC1(C)C. The first-order valence-electron chi connectivity index (χ1n) is 5.99. The summed E-state index contributed by atoms with van der Waals surface area (Å²) >= 11 is 0. The second-order valence-corrected chi connectivity index (χ2v) is 5.69. The van der Waals surface area contributed by atoms with Crippen molar-refractivity contribution in [2.24, 2.45) is 11.3 Å². The van der Waals surface area contributed by atoms with Gasteiger partial charge in [0.1, 0.15) is 11.6 Å². The zero-order chi connectivity index (χ0) is 12.8. The van der Waals surface area contributed by atoms with Gasteiger partial charge in [0.15, 0.2) is 0 Å². The summed E-state index contributed by atoms with van der Waals surface area (Å²) in [4.78, 5) is 0. The van der Waals surface area contributed by atoms with E-state index >= 15 is 0 Å². The molecule has 1 fully saturated rings. The molecule has 1 N–H and O–H groups in total. The van der Waals surface area contributed by atoms with Gasteiger partial charge in [0.25, 0.3) is 0 Å². The van der Waals surface area contributed by atoms with Gasteiger partial charge in [-0.05, 0) is 49.4 Å². The molecule has 0 saturated heterocycles. The highest BCUT2D eigenvalue weighted by Crippen LogP contribution is 2.57. The molecule has 1 saturated carbocycles. The molecule has 3 heteroatoms. The van der Waals surface area contributed by atoms with E-state index in [-0.39, 0.29) is 23.1 Å². The van der Waals surface area contributed by atoms with Crippen LogP contribution in [0.15, 0.2) is 12.1 Å². The molecule has 0 aromatic heterocycles. The molecule has 1 aromatic rings. The Kier molecular flexibility index (Phi) is 2.98. The molecule has 2 rings (SSSR count). The summed E-state index contributed by atoms with van der Waals surface area (Å²) in [7, 11) is 1.80. The van der Waals surface area contributed by atoms with Gasteiger partial charge in [-0.15, -0.1) is 0 Å². The summed E-state index contributed by atoms with van der Waals surface area (Å²) in [6, 6.07) is 2.52. The van der Waals surface area contributed by atoms with E-state index in [1.54, 1.807) is 14.0 Å². The van der Waals surface area contributed by atoms with Crippen LogP contribution >= 0.6 is 0 Å². The summed E-state index contributed by atoms with van der Waals surface area (Å²) in [5.41, 5.74) is 1.03. The van der Waals surface area contributed by atoms with Crippen LogP contribution in [0.5, 0.6) is 0 Å². The minimum absolute atomic E-state index is 0.0971. The molecule has 94 valence electrons. The quantitative estimate of drug-likeness (QED) is 0.850. The smallest absolute Gasteiger partial charge is 0.128 e. The topological polar surface area (TPSA) is 12.0 Å². The molecule has 1 aliphatic carbocycles. The lowest BCUT2D eigenvalue weighted by Gasteiger charge is -2.19. The number of nitrogens with one attached hydrogen (secondary N) is 1. The first kappa shape index (κ1) is 12.5. The normalized spacial score (nSPS) is 23.5. The molecule has 1 nitrogen and oxygen atoms in total. The van der Waals surface area contributed by atoms with Crippen LogP contribution in [0.1, 0.15) is 37.4 Å². The molecule has 0 radical (unpaired) electrons. The third-order valence-electron chi connectivity index (χ3n) is 3.92. The number of aryl methyl sites for hydroxylation is 1. The van der Waals surface area contributed by atoms with Gasteiger partial charge >= 0.3 is 0 Å². The van der Waals surface area contributed by atoms with Gasteiger partial charge < -0.3 is 5.32 Å². The Morgan fingerprint density at radius 3 is 2.35 bits per heavy atom. The zero-order valence-electron chi connectivity index (χ0n) is 10.8. The van der Waals surface area contributed by atoms with Gasteiger partial charge in [0.2, 0.25) is 0 Å². The van der Waals surface area contributed by atoms with Crippen LogP contribution in [-0.2, 0) is 0 Å². The fraction of sp³-hybridized carbons (Fsp3) is 0.571. The second kappa shape index (κ2) is 4.05. The molecule has 2 atom stereocenters. The third kappa shape index (κ3) is 2.21. The molecule has 1 aliphatic rings. The van der Waals surface area contributed by atoms with Crippen molar-refractivity contribution in [3.63, 3.8) is 0 Å². The molecular weight excluding hydrogens is 220 g/mol. The lowest BCUT2D eigenvalue weighted by molar-refractivity contribution is 0.423. The summed E-state index contributed by atoms with van der Waals surface area (Å²) < 4.78 is 27.4. The third-order valence-corrected chi connectivity index (χ3v) is 3.92. The van der Waals surface area contributed by atoms with Crippen LogP contribution in [0.25, 0.3) is 0 Å². The van der Waals surface area contributed by atoms with Gasteiger partial charge in [-0.3, -0.25) is 0 Å². The fourth-order valence-corrected chi connectivity index (χ4v) is 2.55. The van der Waals surface area contributed by atoms with E-state index in [4.69, 9.17) is 0 Å². The van der Waals surface area contributed by atoms with Crippen molar-refractivity contribution in [2.75, 3.05) is 7.05 Å². The lowest BCUT2D eigenvalue weighted by Crippen LogP contribution is -2.22. The number of hydrogen-bond acceptors (Lipinski definition) is 1. The van der Waals surface area contributed by atoms with E-state index in [2.05, 4.69) is 19.2 Å². The largest absolute Gasteiger partial charge is 0.313 e. The van der Waals surface area contributed by atoms with Crippen molar-refractivity contribution in [3.8, 4) is 0 Å².